The van der Waals surface area contributed by atoms with Crippen molar-refractivity contribution in [2.24, 2.45) is 0 Å². The third-order valence-electron chi connectivity index (χ3n) is 4.31. The van der Waals surface area contributed by atoms with E-state index in [0.29, 0.717) is 32.7 Å². The molecule has 0 spiro atoms. The topological polar surface area (TPSA) is 50.8 Å². The van der Waals surface area contributed by atoms with Crippen LogP contribution < -0.4 is 5.32 Å². The van der Waals surface area contributed by atoms with Crippen LogP contribution >= 0.6 is 0 Å². The maximum Gasteiger partial charge on any atom is 0.224 e. The lowest BCUT2D eigenvalue weighted by molar-refractivity contribution is -0.134. The van der Waals surface area contributed by atoms with Gasteiger partial charge in [0.1, 0.15) is 0 Å². The predicted octanol–water partition coefficient (Wildman–Crippen LogP) is 1.42. The summed E-state index contributed by atoms with van der Waals surface area (Å²) in [5, 5.41) is 3.41. The Balaban J connectivity index is 2.57. The predicted molar refractivity (Wildman–Crippen MR) is 79.8 cm³/mol. The summed E-state index contributed by atoms with van der Waals surface area (Å²) in [5.41, 5.74) is -0.00622. The van der Waals surface area contributed by atoms with Gasteiger partial charge in [0.25, 0.3) is 0 Å². The largest absolute Gasteiger partial charge is 0.383 e. The quantitative estimate of drug-likeness (QED) is 0.696. The second-order valence-corrected chi connectivity index (χ2v) is 5.63. The van der Waals surface area contributed by atoms with Gasteiger partial charge in [-0.2, -0.15) is 0 Å². The molecular weight excluding hydrogens is 256 g/mol. The molecule has 0 heterocycles. The minimum atomic E-state index is -0.00622. The van der Waals surface area contributed by atoms with Crippen molar-refractivity contribution in [2.45, 2.75) is 44.1 Å². The van der Waals surface area contributed by atoms with Crippen molar-refractivity contribution in [3.63, 3.8) is 0 Å². The van der Waals surface area contributed by atoms with Crippen LogP contribution in [0.3, 0.4) is 0 Å². The number of hydrogen-bond donors (Lipinski definition) is 1. The minimum Gasteiger partial charge on any atom is -0.383 e. The van der Waals surface area contributed by atoms with Crippen molar-refractivity contribution in [3.05, 3.63) is 0 Å². The first kappa shape index (κ1) is 17.4. The SMILES string of the molecule is CNC1(CC(=O)N(CCOC)CCOC)CCCCC1. The molecule has 5 nitrogen and oxygen atoms in total. The molecule has 0 atom stereocenters. The number of methoxy groups -OCH3 is 2. The van der Waals surface area contributed by atoms with E-state index in [0.717, 1.165) is 12.8 Å². The fourth-order valence-electron chi connectivity index (χ4n) is 2.91. The molecule has 0 aromatic rings. The van der Waals surface area contributed by atoms with E-state index in [1.165, 1.54) is 19.3 Å². The van der Waals surface area contributed by atoms with Gasteiger partial charge in [-0.05, 0) is 19.9 Å². The van der Waals surface area contributed by atoms with Crippen molar-refractivity contribution in [3.8, 4) is 0 Å². The minimum absolute atomic E-state index is 0.00622. The number of carbonyl (C=O) groups is 1. The molecule has 1 amide bonds. The van der Waals surface area contributed by atoms with Gasteiger partial charge in [-0.25, -0.2) is 0 Å². The molecule has 0 aromatic carbocycles. The molecule has 1 aliphatic carbocycles. The maximum absolute atomic E-state index is 12.6. The Morgan fingerprint density at radius 1 is 1.10 bits per heavy atom. The van der Waals surface area contributed by atoms with Crippen molar-refractivity contribution in [1.29, 1.82) is 0 Å². The molecule has 1 saturated carbocycles. The molecule has 1 aliphatic rings. The molecule has 1 rings (SSSR count). The van der Waals surface area contributed by atoms with E-state index in [-0.39, 0.29) is 11.4 Å². The number of nitrogens with zero attached hydrogens (tertiary/aromatic N) is 1. The highest BCUT2D eigenvalue weighted by atomic mass is 16.5. The van der Waals surface area contributed by atoms with Crippen molar-refractivity contribution >= 4 is 5.91 Å². The monoisotopic (exact) mass is 286 g/mol. The maximum atomic E-state index is 12.6. The fraction of sp³-hybridized carbons (Fsp3) is 0.933. The lowest BCUT2D eigenvalue weighted by Crippen LogP contribution is -2.49. The smallest absolute Gasteiger partial charge is 0.224 e. The molecule has 118 valence electrons. The van der Waals surface area contributed by atoms with Crippen LogP contribution in [0.15, 0.2) is 0 Å². The van der Waals surface area contributed by atoms with Gasteiger partial charge in [0.05, 0.1) is 13.2 Å². The Bertz CT molecular complexity index is 270. The molecular formula is C15H30N2O3. The average molecular weight is 286 g/mol. The van der Waals surface area contributed by atoms with Crippen molar-refractivity contribution in [2.75, 3.05) is 47.6 Å². The highest BCUT2D eigenvalue weighted by molar-refractivity contribution is 5.77. The van der Waals surface area contributed by atoms with Crippen LogP contribution in [0.2, 0.25) is 0 Å². The van der Waals surface area contributed by atoms with E-state index in [2.05, 4.69) is 5.32 Å². The van der Waals surface area contributed by atoms with E-state index in [1.807, 2.05) is 11.9 Å². The summed E-state index contributed by atoms with van der Waals surface area (Å²) in [4.78, 5) is 14.4. The van der Waals surface area contributed by atoms with Crippen LogP contribution in [0.4, 0.5) is 0 Å². The summed E-state index contributed by atoms with van der Waals surface area (Å²) in [7, 11) is 5.30. The highest BCUT2D eigenvalue weighted by Gasteiger charge is 2.33. The summed E-state index contributed by atoms with van der Waals surface area (Å²) in [5.74, 6) is 0.204. The summed E-state index contributed by atoms with van der Waals surface area (Å²) >= 11 is 0. The van der Waals surface area contributed by atoms with Gasteiger partial charge < -0.3 is 19.7 Å². The molecule has 1 fully saturated rings. The molecule has 0 unspecified atom stereocenters. The van der Waals surface area contributed by atoms with Gasteiger partial charge >= 0.3 is 0 Å². The molecule has 0 bridgehead atoms. The van der Waals surface area contributed by atoms with Crippen LogP contribution in [-0.2, 0) is 14.3 Å². The van der Waals surface area contributed by atoms with Crippen LogP contribution in [0.5, 0.6) is 0 Å². The standard InChI is InChI=1S/C15H30N2O3/c1-16-15(7-5-4-6-8-15)13-14(18)17(9-11-19-2)10-12-20-3/h16H,4-13H2,1-3H3. The zero-order valence-electron chi connectivity index (χ0n) is 13.2. The fourth-order valence-corrected chi connectivity index (χ4v) is 2.91. The number of amides is 1. The van der Waals surface area contributed by atoms with Gasteiger partial charge in [-0.15, -0.1) is 0 Å². The third-order valence-corrected chi connectivity index (χ3v) is 4.31. The van der Waals surface area contributed by atoms with E-state index >= 15 is 0 Å². The average Bonchev–Trinajstić information content (AvgIpc) is 2.48. The first-order valence-electron chi connectivity index (χ1n) is 7.62. The molecule has 0 aliphatic heterocycles. The first-order chi connectivity index (χ1) is 9.67. The molecule has 0 saturated heterocycles. The first-order valence-corrected chi connectivity index (χ1v) is 7.62. The van der Waals surface area contributed by atoms with Crippen LogP contribution in [0, 0.1) is 0 Å². The molecule has 0 aromatic heterocycles. The van der Waals surface area contributed by atoms with E-state index in [1.54, 1.807) is 14.2 Å². The zero-order chi connectivity index (χ0) is 14.8. The van der Waals surface area contributed by atoms with Crippen LogP contribution in [0.1, 0.15) is 38.5 Å². The number of carbonyl (C=O) groups excluding carboxylic acids is 1. The number of nitrogens with one attached hydrogen (secondary N) is 1. The highest BCUT2D eigenvalue weighted by Crippen LogP contribution is 2.31. The summed E-state index contributed by atoms with van der Waals surface area (Å²) in [6, 6.07) is 0. The molecule has 0 radical (unpaired) electrons. The van der Waals surface area contributed by atoms with Gasteiger partial charge in [0.2, 0.25) is 5.91 Å². The number of rotatable bonds is 9. The normalized spacial score (nSPS) is 17.9. The van der Waals surface area contributed by atoms with Crippen molar-refractivity contribution < 1.29 is 14.3 Å². The lowest BCUT2D eigenvalue weighted by atomic mass is 9.79. The molecule has 5 heteroatoms. The van der Waals surface area contributed by atoms with E-state index in [9.17, 15) is 4.79 Å². The van der Waals surface area contributed by atoms with Gasteiger partial charge in [0, 0.05) is 39.3 Å². The lowest BCUT2D eigenvalue weighted by Gasteiger charge is -2.38. The van der Waals surface area contributed by atoms with E-state index < -0.39 is 0 Å². The Hall–Kier alpha value is -0.650. The van der Waals surface area contributed by atoms with E-state index in [4.69, 9.17) is 9.47 Å². The van der Waals surface area contributed by atoms with Crippen molar-refractivity contribution in [1.82, 2.24) is 10.2 Å². The Labute approximate surface area is 123 Å². The second-order valence-electron chi connectivity index (χ2n) is 5.63. The Morgan fingerprint density at radius 3 is 2.10 bits per heavy atom. The number of ether oxygens (including phenoxy) is 2. The van der Waals surface area contributed by atoms with Crippen LogP contribution in [-0.4, -0.2) is 63.9 Å². The van der Waals surface area contributed by atoms with Gasteiger partial charge in [0.15, 0.2) is 0 Å². The molecule has 20 heavy (non-hydrogen) atoms. The summed E-state index contributed by atoms with van der Waals surface area (Å²) < 4.78 is 10.2. The third kappa shape index (κ3) is 5.38. The van der Waals surface area contributed by atoms with Crippen LogP contribution in [0.25, 0.3) is 0 Å². The molecule has 1 N–H and O–H groups in total. The zero-order valence-corrected chi connectivity index (χ0v) is 13.2. The summed E-state index contributed by atoms with van der Waals surface area (Å²) in [6.07, 6.45) is 6.48. The summed E-state index contributed by atoms with van der Waals surface area (Å²) in [6.45, 7) is 2.42. The van der Waals surface area contributed by atoms with Gasteiger partial charge in [-0.1, -0.05) is 19.3 Å². The number of hydrogen-bond acceptors (Lipinski definition) is 4. The Morgan fingerprint density at radius 2 is 1.65 bits per heavy atom. The van der Waals surface area contributed by atoms with Gasteiger partial charge in [-0.3, -0.25) is 4.79 Å². The second kappa shape index (κ2) is 9.32. The Kier molecular flexibility index (Phi) is 8.11.